The number of aliphatic carboxylic acids is 1. The van der Waals surface area contributed by atoms with Gasteiger partial charge in [-0.3, -0.25) is 4.79 Å². The molecule has 2 aliphatic rings. The van der Waals surface area contributed by atoms with Crippen molar-refractivity contribution in [2.45, 2.75) is 57.6 Å². The van der Waals surface area contributed by atoms with Gasteiger partial charge < -0.3 is 15.1 Å². The van der Waals surface area contributed by atoms with E-state index in [1.165, 1.54) is 0 Å². The first kappa shape index (κ1) is 19.6. The van der Waals surface area contributed by atoms with Gasteiger partial charge in [-0.05, 0) is 50.3 Å². The van der Waals surface area contributed by atoms with Crippen LogP contribution in [0.5, 0.6) is 0 Å². The summed E-state index contributed by atoms with van der Waals surface area (Å²) in [4.78, 5) is 26.9. The topological polar surface area (TPSA) is 77.8 Å². The molecule has 0 spiro atoms. The van der Waals surface area contributed by atoms with Gasteiger partial charge in [0.05, 0.1) is 28.0 Å². The second-order valence-electron chi connectivity index (χ2n) is 7.12. The number of carbonyl (C=O) groups is 2. The highest BCUT2D eigenvalue weighted by Crippen LogP contribution is 2.36. The molecule has 1 amide bonds. The lowest BCUT2D eigenvalue weighted by molar-refractivity contribution is -0.132. The Bertz CT molecular complexity index is 806. The number of allylic oxidation sites excluding steroid dienone is 2. The second-order valence-corrected chi connectivity index (χ2v) is 7.53. The van der Waals surface area contributed by atoms with Crippen molar-refractivity contribution in [3.63, 3.8) is 0 Å². The van der Waals surface area contributed by atoms with E-state index >= 15 is 0 Å². The summed E-state index contributed by atoms with van der Waals surface area (Å²) in [5.74, 6) is -1.29. The maximum absolute atomic E-state index is 13.4. The van der Waals surface area contributed by atoms with Gasteiger partial charge in [-0.1, -0.05) is 36.2 Å². The summed E-state index contributed by atoms with van der Waals surface area (Å²) in [6.07, 6.45) is 5.00. The molecular weight excluding hydrogens is 366 g/mol. The number of amides is 1. The van der Waals surface area contributed by atoms with Crippen LogP contribution in [0.2, 0.25) is 5.02 Å². The number of carboxylic acids is 1. The van der Waals surface area contributed by atoms with Gasteiger partial charge in [-0.2, -0.15) is 0 Å². The second kappa shape index (κ2) is 8.28. The standard InChI is InChI=1S/C21H24ClNO4/c1-2-13-11-17(21(26)27)19(12-13)23(14-7-9-15(24)10-8-14)20(25)16-5-3-4-6-18(16)22/h3-6,12,14-15,24H,2,7-11H2,1H3,(H,26,27). The maximum atomic E-state index is 13.4. The molecule has 3 rings (SSSR count). The average Bonchev–Trinajstić information content (AvgIpc) is 3.08. The number of benzene rings is 1. The highest BCUT2D eigenvalue weighted by atomic mass is 35.5. The van der Waals surface area contributed by atoms with Crippen LogP contribution in [0.25, 0.3) is 0 Å². The summed E-state index contributed by atoms with van der Waals surface area (Å²) in [5.41, 5.74) is 2.07. The summed E-state index contributed by atoms with van der Waals surface area (Å²) in [7, 11) is 0. The fourth-order valence-corrected chi connectivity index (χ4v) is 4.05. The Morgan fingerprint density at radius 2 is 1.85 bits per heavy atom. The Kier molecular flexibility index (Phi) is 6.02. The van der Waals surface area contributed by atoms with Crippen molar-refractivity contribution in [1.82, 2.24) is 4.90 Å². The minimum absolute atomic E-state index is 0.158. The molecule has 6 heteroatoms. The summed E-state index contributed by atoms with van der Waals surface area (Å²) < 4.78 is 0. The number of aliphatic hydroxyl groups is 1. The van der Waals surface area contributed by atoms with E-state index in [-0.39, 0.29) is 23.6 Å². The Labute approximate surface area is 163 Å². The normalized spacial score (nSPS) is 22.6. The van der Waals surface area contributed by atoms with Crippen LogP contribution >= 0.6 is 11.6 Å². The van der Waals surface area contributed by atoms with Crippen molar-refractivity contribution in [3.05, 3.63) is 57.8 Å². The Balaban J connectivity index is 2.06. The summed E-state index contributed by atoms with van der Waals surface area (Å²) in [5, 5.41) is 19.9. The molecule has 1 aromatic rings. The van der Waals surface area contributed by atoms with Crippen LogP contribution in [0.1, 0.15) is 55.8 Å². The molecule has 2 aliphatic carbocycles. The van der Waals surface area contributed by atoms with Crippen LogP contribution < -0.4 is 0 Å². The van der Waals surface area contributed by atoms with Gasteiger partial charge in [0.15, 0.2) is 0 Å². The predicted molar refractivity (Wildman–Crippen MR) is 104 cm³/mol. The van der Waals surface area contributed by atoms with Gasteiger partial charge in [0, 0.05) is 12.5 Å². The number of hydrogen-bond acceptors (Lipinski definition) is 3. The van der Waals surface area contributed by atoms with E-state index in [1.54, 1.807) is 29.2 Å². The molecule has 27 heavy (non-hydrogen) atoms. The van der Waals surface area contributed by atoms with Crippen LogP contribution in [0.3, 0.4) is 0 Å². The molecule has 0 unspecified atom stereocenters. The highest BCUT2D eigenvalue weighted by molar-refractivity contribution is 6.33. The summed E-state index contributed by atoms with van der Waals surface area (Å²) in [6.45, 7) is 1.98. The Morgan fingerprint density at radius 1 is 1.19 bits per heavy atom. The minimum Gasteiger partial charge on any atom is -0.478 e. The van der Waals surface area contributed by atoms with Gasteiger partial charge >= 0.3 is 5.97 Å². The number of hydrogen-bond donors (Lipinski definition) is 2. The van der Waals surface area contributed by atoms with Crippen molar-refractivity contribution < 1.29 is 19.8 Å². The average molecular weight is 390 g/mol. The molecule has 0 atom stereocenters. The first-order valence-corrected chi connectivity index (χ1v) is 9.72. The van der Waals surface area contributed by atoms with Crippen LogP contribution in [-0.2, 0) is 4.79 Å². The Morgan fingerprint density at radius 3 is 2.44 bits per heavy atom. The first-order valence-electron chi connectivity index (χ1n) is 9.34. The summed E-state index contributed by atoms with van der Waals surface area (Å²) in [6, 6.07) is 6.67. The molecule has 144 valence electrons. The quantitative estimate of drug-likeness (QED) is 0.792. The van der Waals surface area contributed by atoms with Crippen molar-refractivity contribution in [3.8, 4) is 0 Å². The molecule has 0 bridgehead atoms. The van der Waals surface area contributed by atoms with Gasteiger partial charge in [0.1, 0.15) is 0 Å². The fraction of sp³-hybridized carbons (Fsp3) is 0.429. The third kappa shape index (κ3) is 4.09. The third-order valence-electron chi connectivity index (χ3n) is 5.38. The Hall–Kier alpha value is -2.11. The van der Waals surface area contributed by atoms with E-state index in [9.17, 15) is 19.8 Å². The molecule has 1 saturated carbocycles. The van der Waals surface area contributed by atoms with Gasteiger partial charge in [0.2, 0.25) is 0 Å². The third-order valence-corrected chi connectivity index (χ3v) is 5.71. The van der Waals surface area contributed by atoms with E-state index in [2.05, 4.69) is 0 Å². The summed E-state index contributed by atoms with van der Waals surface area (Å²) >= 11 is 6.25. The molecular formula is C21H24ClNO4. The molecule has 0 saturated heterocycles. The minimum atomic E-state index is -1.00. The predicted octanol–water partition coefficient (Wildman–Crippen LogP) is 4.16. The SMILES string of the molecule is CCC1=CC(N(C(=O)c2ccccc2Cl)C2CCC(O)CC2)=C(C(=O)O)C1. The molecule has 2 N–H and O–H groups in total. The number of halogens is 1. The van der Waals surface area contributed by atoms with Crippen molar-refractivity contribution in [2.75, 3.05) is 0 Å². The largest absolute Gasteiger partial charge is 0.478 e. The monoisotopic (exact) mass is 389 g/mol. The zero-order valence-corrected chi connectivity index (χ0v) is 16.1. The molecule has 0 aliphatic heterocycles. The van der Waals surface area contributed by atoms with Gasteiger partial charge in [0.25, 0.3) is 5.91 Å². The van der Waals surface area contributed by atoms with Gasteiger partial charge in [-0.15, -0.1) is 0 Å². The molecule has 1 fully saturated rings. The number of nitrogens with zero attached hydrogens (tertiary/aromatic N) is 1. The fourth-order valence-electron chi connectivity index (χ4n) is 3.83. The lowest BCUT2D eigenvalue weighted by Gasteiger charge is -2.36. The lowest BCUT2D eigenvalue weighted by Crippen LogP contribution is -2.42. The molecule has 1 aromatic carbocycles. The van der Waals surface area contributed by atoms with Crippen molar-refractivity contribution in [2.24, 2.45) is 0 Å². The zero-order chi connectivity index (χ0) is 19.6. The van der Waals surface area contributed by atoms with Crippen LogP contribution in [-0.4, -0.2) is 39.1 Å². The highest BCUT2D eigenvalue weighted by Gasteiger charge is 2.35. The zero-order valence-electron chi connectivity index (χ0n) is 15.3. The van der Waals surface area contributed by atoms with E-state index in [0.717, 1.165) is 12.0 Å². The molecule has 0 aromatic heterocycles. The van der Waals surface area contributed by atoms with Crippen molar-refractivity contribution >= 4 is 23.5 Å². The first-order chi connectivity index (χ1) is 12.9. The van der Waals surface area contributed by atoms with E-state index in [1.807, 2.05) is 13.0 Å². The van der Waals surface area contributed by atoms with Crippen molar-refractivity contribution in [1.29, 1.82) is 0 Å². The molecule has 5 nitrogen and oxygen atoms in total. The maximum Gasteiger partial charge on any atom is 0.334 e. The van der Waals surface area contributed by atoms with E-state index < -0.39 is 5.97 Å². The number of carbonyl (C=O) groups excluding carboxylic acids is 1. The number of aliphatic hydroxyl groups excluding tert-OH is 1. The van der Waals surface area contributed by atoms with E-state index in [0.29, 0.717) is 48.4 Å². The van der Waals surface area contributed by atoms with Gasteiger partial charge in [-0.25, -0.2) is 4.79 Å². The van der Waals surface area contributed by atoms with Crippen LogP contribution in [0.15, 0.2) is 47.2 Å². The molecule has 0 radical (unpaired) electrons. The number of rotatable bonds is 5. The lowest BCUT2D eigenvalue weighted by atomic mass is 9.91. The molecule has 0 heterocycles. The smallest absolute Gasteiger partial charge is 0.334 e. The van der Waals surface area contributed by atoms with Crippen LogP contribution in [0.4, 0.5) is 0 Å². The van der Waals surface area contributed by atoms with Crippen LogP contribution in [0, 0.1) is 0 Å². The number of carboxylic acid groups (broad SMARTS) is 1. The van der Waals surface area contributed by atoms with E-state index in [4.69, 9.17) is 11.6 Å².